The van der Waals surface area contributed by atoms with Crippen molar-refractivity contribution >= 4 is 21.7 Å². The van der Waals surface area contributed by atoms with Gasteiger partial charge in [-0.3, -0.25) is 9.59 Å². The summed E-state index contributed by atoms with van der Waals surface area (Å²) in [6, 6.07) is 13.5. The Balaban J connectivity index is 1.25. The molecule has 0 saturated heterocycles. The normalized spacial score (nSPS) is 21.4. The van der Waals surface area contributed by atoms with Crippen LogP contribution in [0.2, 0.25) is 0 Å². The molecule has 2 aliphatic rings. The number of carbonyl (C=O) groups is 2. The topological polar surface area (TPSA) is 138 Å². The van der Waals surface area contributed by atoms with Gasteiger partial charge in [-0.05, 0) is 84.7 Å². The van der Waals surface area contributed by atoms with Crippen LogP contribution in [0.15, 0.2) is 65.7 Å². The Morgan fingerprint density at radius 2 is 1.79 bits per heavy atom. The molecule has 5 rings (SSSR count). The van der Waals surface area contributed by atoms with Gasteiger partial charge in [0.1, 0.15) is 17.4 Å². The number of hydrogen-bond acceptors (Lipinski definition) is 7. The summed E-state index contributed by atoms with van der Waals surface area (Å²) in [6.07, 6.45) is -0.204. The second-order valence-electron chi connectivity index (χ2n) is 11.2. The van der Waals surface area contributed by atoms with Crippen molar-refractivity contribution in [3.63, 3.8) is 0 Å². The van der Waals surface area contributed by atoms with Crippen LogP contribution in [-0.2, 0) is 9.84 Å². The summed E-state index contributed by atoms with van der Waals surface area (Å²) in [5, 5.41) is 2.98. The molecule has 0 aliphatic heterocycles. The number of nitrogens with one attached hydrogen (secondary N) is 1. The molecule has 1 heterocycles. The van der Waals surface area contributed by atoms with E-state index in [0.29, 0.717) is 24.0 Å². The van der Waals surface area contributed by atoms with Gasteiger partial charge in [-0.15, -0.1) is 0 Å². The minimum Gasteiger partial charge on any atom is -0.493 e. The average molecular weight is 618 g/mol. The smallest absolute Gasteiger partial charge is 0.392 e. The van der Waals surface area contributed by atoms with E-state index in [1.54, 1.807) is 30.3 Å². The number of benzene rings is 2. The summed E-state index contributed by atoms with van der Waals surface area (Å²) in [4.78, 5) is 29.0. The number of aromatic nitrogens is 1. The molecule has 9 nitrogen and oxygen atoms in total. The molecule has 0 radical (unpaired) electrons. The highest BCUT2D eigenvalue weighted by Gasteiger charge is 2.54. The maximum absolute atomic E-state index is 13.2. The van der Waals surface area contributed by atoms with Gasteiger partial charge < -0.3 is 20.5 Å². The average Bonchev–Trinajstić information content (AvgIpc) is 2.89. The molecule has 43 heavy (non-hydrogen) atoms. The lowest BCUT2D eigenvalue weighted by Crippen LogP contribution is -2.58. The van der Waals surface area contributed by atoms with E-state index in [-0.39, 0.29) is 45.2 Å². The Bertz CT molecular complexity index is 1650. The van der Waals surface area contributed by atoms with Crippen LogP contribution < -0.4 is 20.5 Å². The predicted molar refractivity (Wildman–Crippen MR) is 150 cm³/mol. The first-order valence-corrected chi connectivity index (χ1v) is 15.5. The summed E-state index contributed by atoms with van der Waals surface area (Å²) in [5.41, 5.74) is 6.68. The number of sulfone groups is 1. The van der Waals surface area contributed by atoms with Crippen molar-refractivity contribution in [3.8, 4) is 22.8 Å². The summed E-state index contributed by atoms with van der Waals surface area (Å²) in [6.45, 7) is -0.634. The Kier molecular flexibility index (Phi) is 8.12. The Morgan fingerprint density at radius 1 is 1.05 bits per heavy atom. The number of nitrogens with two attached hydrogens (primary N) is 1. The summed E-state index contributed by atoms with van der Waals surface area (Å²) in [5.74, 6) is -0.780. The summed E-state index contributed by atoms with van der Waals surface area (Å²) >= 11 is 0. The quantitative estimate of drug-likeness (QED) is 0.336. The van der Waals surface area contributed by atoms with E-state index >= 15 is 0 Å². The first-order chi connectivity index (χ1) is 20.2. The number of nitrogens with zero attached hydrogens (tertiary/aromatic N) is 1. The third kappa shape index (κ3) is 7.27. The van der Waals surface area contributed by atoms with Crippen molar-refractivity contribution in [1.29, 1.82) is 0 Å². The molecule has 0 atom stereocenters. The second-order valence-corrected chi connectivity index (χ2v) is 13.2. The van der Waals surface area contributed by atoms with Gasteiger partial charge in [-0.2, -0.15) is 13.2 Å². The molecule has 0 bridgehead atoms. The molecule has 228 valence electrons. The SMILES string of the molecule is CS(=O)(=O)c1cccc(-c2cc(OCCC(F)(F)F)cc(C(=O)NC3CC4(C3)CC(Oc3ncccc3C(N)=O)C4)c2)c1. The number of pyridine rings is 1. The molecule has 2 aliphatic carbocycles. The maximum Gasteiger partial charge on any atom is 0.392 e. The number of carbonyl (C=O) groups excluding carboxylic acids is 2. The van der Waals surface area contributed by atoms with Crippen molar-refractivity contribution in [3.05, 3.63) is 71.9 Å². The van der Waals surface area contributed by atoms with Gasteiger partial charge in [-0.25, -0.2) is 13.4 Å². The van der Waals surface area contributed by atoms with Gasteiger partial charge in [0, 0.05) is 24.1 Å². The van der Waals surface area contributed by atoms with E-state index in [1.165, 1.54) is 30.5 Å². The van der Waals surface area contributed by atoms with E-state index in [1.807, 2.05) is 0 Å². The fourth-order valence-electron chi connectivity index (χ4n) is 5.68. The van der Waals surface area contributed by atoms with Crippen LogP contribution in [-0.4, -0.2) is 56.4 Å². The van der Waals surface area contributed by atoms with Gasteiger partial charge in [0.05, 0.1) is 17.9 Å². The van der Waals surface area contributed by atoms with E-state index in [4.69, 9.17) is 15.2 Å². The zero-order valence-electron chi connectivity index (χ0n) is 23.2. The molecule has 2 saturated carbocycles. The fraction of sp³-hybridized carbons (Fsp3) is 0.367. The van der Waals surface area contributed by atoms with Crippen molar-refractivity contribution in [2.24, 2.45) is 11.1 Å². The standard InChI is InChI=1S/C30H30F3N3O6S/c1-43(39,40)24-5-2-4-18(13-24)19-10-20(12-22(11-19)41-9-7-30(31,32)33)27(38)36-21-14-29(15-21)16-23(17-29)42-28-25(26(34)37)6-3-8-35-28/h2-6,8,10-13,21,23H,7,9,14-17H2,1H3,(H2,34,37)(H,36,38). The van der Waals surface area contributed by atoms with Crippen LogP contribution in [0.1, 0.15) is 52.8 Å². The molecule has 2 aromatic carbocycles. The lowest BCUT2D eigenvalue weighted by molar-refractivity contribution is -0.139. The lowest BCUT2D eigenvalue weighted by Gasteiger charge is -2.57. The van der Waals surface area contributed by atoms with Crippen LogP contribution >= 0.6 is 0 Å². The highest BCUT2D eigenvalue weighted by Crippen LogP contribution is 2.56. The molecule has 2 amide bonds. The van der Waals surface area contributed by atoms with Gasteiger partial charge in [0.25, 0.3) is 11.8 Å². The number of rotatable bonds is 10. The molecule has 2 fully saturated rings. The molecule has 3 aromatic rings. The fourth-order valence-corrected chi connectivity index (χ4v) is 6.35. The number of hydrogen-bond donors (Lipinski definition) is 2. The molecular formula is C30H30F3N3O6S. The van der Waals surface area contributed by atoms with Crippen LogP contribution in [0.25, 0.3) is 11.1 Å². The van der Waals surface area contributed by atoms with Crippen LogP contribution in [0.5, 0.6) is 11.6 Å². The van der Waals surface area contributed by atoms with Crippen molar-refractivity contribution in [1.82, 2.24) is 10.3 Å². The molecular weight excluding hydrogens is 587 g/mol. The van der Waals surface area contributed by atoms with Crippen molar-refractivity contribution < 1.29 is 40.7 Å². The zero-order valence-corrected chi connectivity index (χ0v) is 24.0. The number of alkyl halides is 3. The first kappa shape index (κ1) is 30.3. The number of primary amides is 1. The highest BCUT2D eigenvalue weighted by atomic mass is 32.2. The van der Waals surface area contributed by atoms with E-state index in [0.717, 1.165) is 19.1 Å². The highest BCUT2D eigenvalue weighted by molar-refractivity contribution is 7.90. The monoisotopic (exact) mass is 617 g/mol. The first-order valence-electron chi connectivity index (χ1n) is 13.6. The Labute approximate surface area is 246 Å². The van der Waals surface area contributed by atoms with E-state index < -0.39 is 40.9 Å². The molecule has 13 heteroatoms. The van der Waals surface area contributed by atoms with Crippen LogP contribution in [0.4, 0.5) is 13.2 Å². The number of halogens is 3. The van der Waals surface area contributed by atoms with Crippen LogP contribution in [0, 0.1) is 5.41 Å². The summed E-state index contributed by atoms with van der Waals surface area (Å²) < 4.78 is 73.5. The molecule has 1 aromatic heterocycles. The Hall–Kier alpha value is -4.13. The second kappa shape index (κ2) is 11.5. The third-order valence-electron chi connectivity index (χ3n) is 7.75. The predicted octanol–water partition coefficient (Wildman–Crippen LogP) is 4.70. The zero-order chi connectivity index (χ0) is 31.0. The molecule has 3 N–H and O–H groups in total. The summed E-state index contributed by atoms with van der Waals surface area (Å²) in [7, 11) is -3.52. The number of amides is 2. The minimum absolute atomic E-state index is 0.00405. The maximum atomic E-state index is 13.2. The molecule has 1 spiro atoms. The Morgan fingerprint density at radius 3 is 2.47 bits per heavy atom. The van der Waals surface area contributed by atoms with Gasteiger partial charge in [0.2, 0.25) is 5.88 Å². The third-order valence-corrected chi connectivity index (χ3v) is 8.86. The van der Waals surface area contributed by atoms with Gasteiger partial charge >= 0.3 is 6.18 Å². The van der Waals surface area contributed by atoms with Gasteiger partial charge in [-0.1, -0.05) is 12.1 Å². The largest absolute Gasteiger partial charge is 0.493 e. The number of ether oxygens (including phenoxy) is 2. The molecule has 0 unspecified atom stereocenters. The van der Waals surface area contributed by atoms with E-state index in [9.17, 15) is 31.2 Å². The van der Waals surface area contributed by atoms with Gasteiger partial charge in [0.15, 0.2) is 9.84 Å². The van der Waals surface area contributed by atoms with E-state index in [2.05, 4.69) is 10.3 Å². The minimum atomic E-state index is -4.41. The van der Waals surface area contributed by atoms with Crippen LogP contribution in [0.3, 0.4) is 0 Å². The van der Waals surface area contributed by atoms with Crippen molar-refractivity contribution in [2.75, 3.05) is 12.9 Å². The lowest BCUT2D eigenvalue weighted by atomic mass is 9.53. The van der Waals surface area contributed by atoms with Crippen molar-refractivity contribution in [2.45, 2.75) is 55.3 Å².